The molecule has 0 aliphatic rings. The monoisotopic (exact) mass is 352 g/mol. The number of likely N-dealkylation sites (N-methyl/N-ethyl adjacent to an activating group) is 1. The van der Waals surface area contributed by atoms with Crippen molar-refractivity contribution in [2.75, 3.05) is 13.7 Å². The molecule has 0 saturated carbocycles. The van der Waals surface area contributed by atoms with E-state index >= 15 is 0 Å². The van der Waals surface area contributed by atoms with Crippen LogP contribution in [0.3, 0.4) is 0 Å². The first-order valence-electron chi connectivity index (χ1n) is 6.81. The Morgan fingerprint density at radius 2 is 2.19 bits per heavy atom. The van der Waals surface area contributed by atoms with Gasteiger partial charge in [0.2, 0.25) is 0 Å². The first-order valence-corrected chi connectivity index (χ1v) is 7.60. The van der Waals surface area contributed by atoms with Crippen LogP contribution in [-0.4, -0.2) is 18.6 Å². The number of pyridine rings is 1. The summed E-state index contributed by atoms with van der Waals surface area (Å²) >= 11 is 3.28. The quantitative estimate of drug-likeness (QED) is 0.856. The molecule has 1 heterocycles. The fourth-order valence-corrected chi connectivity index (χ4v) is 2.63. The van der Waals surface area contributed by atoms with Gasteiger partial charge in [-0.1, -0.05) is 28.9 Å². The van der Waals surface area contributed by atoms with E-state index in [1.54, 1.807) is 25.6 Å². The van der Waals surface area contributed by atoms with Crippen molar-refractivity contribution < 1.29 is 9.13 Å². The molecule has 5 heteroatoms. The Hall–Kier alpha value is -1.46. The summed E-state index contributed by atoms with van der Waals surface area (Å²) in [6, 6.07) is 7.02. The summed E-state index contributed by atoms with van der Waals surface area (Å²) in [5.41, 5.74) is 1.65. The van der Waals surface area contributed by atoms with Gasteiger partial charge in [0.15, 0.2) is 0 Å². The molecule has 0 spiro atoms. The zero-order valence-electron chi connectivity index (χ0n) is 12.1. The van der Waals surface area contributed by atoms with Crippen LogP contribution in [0.1, 0.15) is 24.1 Å². The highest BCUT2D eigenvalue weighted by atomic mass is 79.9. The molecule has 1 unspecified atom stereocenters. The van der Waals surface area contributed by atoms with Crippen molar-refractivity contribution in [1.29, 1.82) is 0 Å². The van der Waals surface area contributed by atoms with E-state index in [1.807, 2.05) is 19.1 Å². The average molecular weight is 353 g/mol. The fraction of sp³-hybridized carbons (Fsp3) is 0.312. The summed E-state index contributed by atoms with van der Waals surface area (Å²) in [6.45, 7) is 2.81. The second-order valence-electron chi connectivity index (χ2n) is 4.67. The third kappa shape index (κ3) is 4.02. The summed E-state index contributed by atoms with van der Waals surface area (Å²) in [6.07, 6.45) is 3.95. The van der Waals surface area contributed by atoms with Crippen LogP contribution in [0.15, 0.2) is 41.1 Å². The number of ether oxygens (including phenoxy) is 1. The van der Waals surface area contributed by atoms with Gasteiger partial charge in [0.25, 0.3) is 0 Å². The zero-order valence-corrected chi connectivity index (χ0v) is 13.7. The van der Waals surface area contributed by atoms with E-state index in [2.05, 4.69) is 26.2 Å². The minimum atomic E-state index is -0.208. The summed E-state index contributed by atoms with van der Waals surface area (Å²) in [4.78, 5) is 4.06. The fourth-order valence-electron chi connectivity index (χ4n) is 2.29. The number of benzene rings is 1. The Labute approximate surface area is 132 Å². The summed E-state index contributed by atoms with van der Waals surface area (Å²) in [5.74, 6) is 0.501. The number of rotatable bonds is 6. The molecule has 2 aromatic rings. The Kier molecular flexibility index (Phi) is 5.70. The Balaban J connectivity index is 2.30. The number of nitrogens with one attached hydrogen (secondary N) is 1. The van der Waals surface area contributed by atoms with Crippen LogP contribution >= 0.6 is 15.9 Å². The number of methoxy groups -OCH3 is 1. The van der Waals surface area contributed by atoms with Crippen molar-refractivity contribution in [3.63, 3.8) is 0 Å². The van der Waals surface area contributed by atoms with E-state index in [1.165, 1.54) is 6.07 Å². The molecule has 0 saturated heterocycles. The van der Waals surface area contributed by atoms with Gasteiger partial charge in [-0.3, -0.25) is 4.98 Å². The van der Waals surface area contributed by atoms with Gasteiger partial charge in [0, 0.05) is 22.3 Å². The molecular formula is C16H18BrFN2O. The molecule has 21 heavy (non-hydrogen) atoms. The van der Waals surface area contributed by atoms with Gasteiger partial charge in [-0.25, -0.2) is 4.39 Å². The zero-order chi connectivity index (χ0) is 15.2. The lowest BCUT2D eigenvalue weighted by molar-refractivity contribution is 0.396. The van der Waals surface area contributed by atoms with Crippen LogP contribution in [0.4, 0.5) is 4.39 Å². The van der Waals surface area contributed by atoms with E-state index in [0.29, 0.717) is 17.7 Å². The van der Waals surface area contributed by atoms with Crippen molar-refractivity contribution in [2.24, 2.45) is 0 Å². The SMILES string of the molecule is CCNC(Cc1ccc(Br)cc1F)c1ccncc1OC. The van der Waals surface area contributed by atoms with E-state index in [0.717, 1.165) is 16.6 Å². The maximum Gasteiger partial charge on any atom is 0.141 e. The maximum atomic E-state index is 14.0. The first-order chi connectivity index (χ1) is 10.2. The first kappa shape index (κ1) is 15.9. The van der Waals surface area contributed by atoms with Crippen LogP contribution in [-0.2, 0) is 6.42 Å². The van der Waals surface area contributed by atoms with E-state index in [9.17, 15) is 4.39 Å². The molecule has 1 atom stereocenters. The van der Waals surface area contributed by atoms with Crippen molar-refractivity contribution in [1.82, 2.24) is 10.3 Å². The summed E-state index contributed by atoms with van der Waals surface area (Å²) in [7, 11) is 1.61. The normalized spacial score (nSPS) is 12.2. The third-order valence-electron chi connectivity index (χ3n) is 3.30. The lowest BCUT2D eigenvalue weighted by Gasteiger charge is -2.21. The van der Waals surface area contributed by atoms with Crippen LogP contribution in [0.5, 0.6) is 5.75 Å². The molecule has 0 fully saturated rings. The van der Waals surface area contributed by atoms with Gasteiger partial charge >= 0.3 is 0 Å². The molecule has 2 rings (SSSR count). The Morgan fingerprint density at radius 3 is 2.86 bits per heavy atom. The molecule has 1 aromatic carbocycles. The topological polar surface area (TPSA) is 34.2 Å². The van der Waals surface area contributed by atoms with Crippen molar-refractivity contribution in [3.8, 4) is 5.75 Å². The van der Waals surface area contributed by atoms with Gasteiger partial charge in [0.1, 0.15) is 11.6 Å². The Bertz CT molecular complexity index is 607. The molecule has 0 aliphatic carbocycles. The predicted molar refractivity (Wildman–Crippen MR) is 85.0 cm³/mol. The number of aromatic nitrogens is 1. The van der Waals surface area contributed by atoms with Gasteiger partial charge < -0.3 is 10.1 Å². The standard InChI is InChI=1S/C16H18BrFN2O/c1-3-20-15(13-6-7-19-10-16(13)21-2)8-11-4-5-12(17)9-14(11)18/h4-7,9-10,15,20H,3,8H2,1-2H3. The number of hydrogen-bond donors (Lipinski definition) is 1. The number of hydrogen-bond acceptors (Lipinski definition) is 3. The summed E-state index contributed by atoms with van der Waals surface area (Å²) in [5, 5.41) is 3.38. The highest BCUT2D eigenvalue weighted by Crippen LogP contribution is 2.28. The molecule has 0 aliphatic heterocycles. The van der Waals surface area contributed by atoms with Gasteiger partial charge in [-0.2, -0.15) is 0 Å². The van der Waals surface area contributed by atoms with Crippen LogP contribution in [0.25, 0.3) is 0 Å². The van der Waals surface area contributed by atoms with Crippen LogP contribution in [0.2, 0.25) is 0 Å². The minimum Gasteiger partial charge on any atom is -0.495 e. The second-order valence-corrected chi connectivity index (χ2v) is 5.58. The molecule has 0 radical (unpaired) electrons. The van der Waals surface area contributed by atoms with E-state index < -0.39 is 0 Å². The van der Waals surface area contributed by atoms with Crippen LogP contribution in [0, 0.1) is 5.82 Å². The van der Waals surface area contributed by atoms with E-state index in [4.69, 9.17) is 4.74 Å². The predicted octanol–water partition coefficient (Wildman–Crippen LogP) is 3.89. The average Bonchev–Trinajstić information content (AvgIpc) is 2.49. The molecule has 3 nitrogen and oxygen atoms in total. The molecule has 1 aromatic heterocycles. The van der Waals surface area contributed by atoms with E-state index in [-0.39, 0.29) is 11.9 Å². The molecule has 0 bridgehead atoms. The second kappa shape index (κ2) is 7.52. The van der Waals surface area contributed by atoms with Gasteiger partial charge in [-0.05, 0) is 36.7 Å². The minimum absolute atomic E-state index is 0.0244. The molecule has 0 amide bonds. The number of nitrogens with zero attached hydrogens (tertiary/aromatic N) is 1. The van der Waals surface area contributed by atoms with Crippen molar-refractivity contribution in [2.45, 2.75) is 19.4 Å². The highest BCUT2D eigenvalue weighted by Gasteiger charge is 2.17. The molecule has 1 N–H and O–H groups in total. The Morgan fingerprint density at radius 1 is 1.38 bits per heavy atom. The highest BCUT2D eigenvalue weighted by molar-refractivity contribution is 9.10. The van der Waals surface area contributed by atoms with Gasteiger partial charge in [-0.15, -0.1) is 0 Å². The maximum absolute atomic E-state index is 14.0. The third-order valence-corrected chi connectivity index (χ3v) is 3.79. The van der Waals surface area contributed by atoms with Crippen molar-refractivity contribution in [3.05, 3.63) is 58.1 Å². The van der Waals surface area contributed by atoms with Gasteiger partial charge in [0.05, 0.1) is 13.3 Å². The lowest BCUT2D eigenvalue weighted by Crippen LogP contribution is -2.24. The number of halogens is 2. The van der Waals surface area contributed by atoms with Crippen molar-refractivity contribution >= 4 is 15.9 Å². The lowest BCUT2D eigenvalue weighted by atomic mass is 9.98. The molecular weight excluding hydrogens is 335 g/mol. The van der Waals surface area contributed by atoms with Crippen LogP contribution < -0.4 is 10.1 Å². The smallest absolute Gasteiger partial charge is 0.141 e. The largest absolute Gasteiger partial charge is 0.495 e. The molecule has 112 valence electrons. The summed E-state index contributed by atoms with van der Waals surface area (Å²) < 4.78 is 20.1.